The van der Waals surface area contributed by atoms with Crippen LogP contribution in [0, 0.1) is 6.92 Å². The summed E-state index contributed by atoms with van der Waals surface area (Å²) < 4.78 is 12.0. The fraction of sp³-hybridized carbons (Fsp3) is 0.263. The molecule has 5 nitrogen and oxygen atoms in total. The lowest BCUT2D eigenvalue weighted by Gasteiger charge is -2.08. The molecule has 0 spiro atoms. The van der Waals surface area contributed by atoms with Gasteiger partial charge in [-0.25, -0.2) is 5.43 Å². The molecule has 0 radical (unpaired) electrons. The quantitative estimate of drug-likeness (QED) is 0.532. The third-order valence-corrected chi connectivity index (χ3v) is 3.68. The summed E-state index contributed by atoms with van der Waals surface area (Å²) >= 11 is 3.42. The van der Waals surface area contributed by atoms with E-state index in [0.29, 0.717) is 12.4 Å². The first-order chi connectivity index (χ1) is 12.1. The van der Waals surface area contributed by atoms with Gasteiger partial charge in [0.15, 0.2) is 6.61 Å². The lowest BCUT2D eigenvalue weighted by atomic mass is 10.2. The van der Waals surface area contributed by atoms with Crippen molar-refractivity contribution in [1.29, 1.82) is 0 Å². The number of nitrogens with zero attached hydrogens (tertiary/aromatic N) is 1. The molecule has 1 amide bonds. The zero-order valence-corrected chi connectivity index (χ0v) is 15.9. The van der Waals surface area contributed by atoms with Gasteiger partial charge in [-0.3, -0.25) is 4.79 Å². The number of aryl methyl sites for hydroxylation is 1. The van der Waals surface area contributed by atoms with E-state index in [2.05, 4.69) is 26.5 Å². The third-order valence-electron chi connectivity index (χ3n) is 3.19. The van der Waals surface area contributed by atoms with Gasteiger partial charge in [-0.1, -0.05) is 35.0 Å². The van der Waals surface area contributed by atoms with Crippen LogP contribution in [0.15, 0.2) is 52.0 Å². The van der Waals surface area contributed by atoms with Gasteiger partial charge in [-0.15, -0.1) is 0 Å². The molecule has 0 aliphatic carbocycles. The topological polar surface area (TPSA) is 59.9 Å². The number of hydrogen-bond acceptors (Lipinski definition) is 4. The monoisotopic (exact) mass is 404 g/mol. The fourth-order valence-corrected chi connectivity index (χ4v) is 2.40. The molecular formula is C19H21BrN2O3. The minimum atomic E-state index is -0.330. The maximum atomic E-state index is 11.8. The highest BCUT2D eigenvalue weighted by molar-refractivity contribution is 9.10. The molecule has 2 aromatic rings. The Morgan fingerprint density at radius 2 is 2.08 bits per heavy atom. The van der Waals surface area contributed by atoms with Crippen LogP contribution in [-0.2, 0) is 4.79 Å². The minimum absolute atomic E-state index is 0.0987. The van der Waals surface area contributed by atoms with Crippen LogP contribution in [0.3, 0.4) is 0 Å². The molecule has 0 saturated heterocycles. The van der Waals surface area contributed by atoms with Crippen molar-refractivity contribution < 1.29 is 14.3 Å². The molecule has 0 aliphatic rings. The second-order valence-electron chi connectivity index (χ2n) is 5.43. The third kappa shape index (κ3) is 6.58. The molecule has 0 atom stereocenters. The normalized spacial score (nSPS) is 10.7. The van der Waals surface area contributed by atoms with E-state index in [9.17, 15) is 4.79 Å². The Labute approximate surface area is 156 Å². The minimum Gasteiger partial charge on any atom is -0.493 e. The van der Waals surface area contributed by atoms with E-state index in [0.717, 1.165) is 27.8 Å². The molecule has 0 unspecified atom stereocenters. The van der Waals surface area contributed by atoms with Gasteiger partial charge in [0, 0.05) is 10.0 Å². The average molecular weight is 405 g/mol. The largest absolute Gasteiger partial charge is 0.493 e. The summed E-state index contributed by atoms with van der Waals surface area (Å²) in [5, 5.41) is 3.98. The summed E-state index contributed by atoms with van der Waals surface area (Å²) in [6, 6.07) is 13.2. The van der Waals surface area contributed by atoms with E-state index in [1.807, 2.05) is 56.3 Å². The second-order valence-corrected chi connectivity index (χ2v) is 6.34. The molecule has 2 rings (SSSR count). The number of amides is 1. The number of hydrogen-bond donors (Lipinski definition) is 1. The number of halogens is 1. The molecule has 0 heterocycles. The SMILES string of the molecule is CCCOc1ccc(Br)cc1C=NNC(=O)COc1cccc(C)c1. The van der Waals surface area contributed by atoms with Gasteiger partial charge in [0.2, 0.25) is 0 Å². The zero-order chi connectivity index (χ0) is 18.1. The summed E-state index contributed by atoms with van der Waals surface area (Å²) in [6.07, 6.45) is 2.47. The highest BCUT2D eigenvalue weighted by atomic mass is 79.9. The van der Waals surface area contributed by atoms with E-state index in [4.69, 9.17) is 9.47 Å². The Morgan fingerprint density at radius 1 is 1.24 bits per heavy atom. The first-order valence-corrected chi connectivity index (χ1v) is 8.81. The van der Waals surface area contributed by atoms with Gasteiger partial charge in [0.25, 0.3) is 5.91 Å². The zero-order valence-electron chi connectivity index (χ0n) is 14.3. The standard InChI is InChI=1S/C19H21BrN2O3/c1-3-9-24-18-8-7-16(20)11-15(18)12-21-22-19(23)13-25-17-6-4-5-14(2)10-17/h4-8,10-12H,3,9,13H2,1-2H3,(H,22,23). The van der Waals surface area contributed by atoms with Gasteiger partial charge < -0.3 is 9.47 Å². The molecule has 6 heteroatoms. The van der Waals surface area contributed by atoms with Crippen molar-refractivity contribution in [3.05, 3.63) is 58.1 Å². The highest BCUT2D eigenvalue weighted by Crippen LogP contribution is 2.22. The molecule has 132 valence electrons. The van der Waals surface area contributed by atoms with Gasteiger partial charge in [-0.05, 0) is 49.2 Å². The molecule has 0 aliphatic heterocycles. The van der Waals surface area contributed by atoms with Crippen molar-refractivity contribution in [3.8, 4) is 11.5 Å². The molecule has 0 saturated carbocycles. The number of benzene rings is 2. The first kappa shape index (κ1) is 19.0. The van der Waals surface area contributed by atoms with Crippen LogP contribution < -0.4 is 14.9 Å². The Morgan fingerprint density at radius 3 is 2.84 bits per heavy atom. The molecular weight excluding hydrogens is 384 g/mol. The van der Waals surface area contributed by atoms with E-state index in [1.165, 1.54) is 0 Å². The molecule has 2 aromatic carbocycles. The predicted octanol–water partition coefficient (Wildman–Crippen LogP) is 4.08. The van der Waals surface area contributed by atoms with Crippen LogP contribution in [-0.4, -0.2) is 25.3 Å². The van der Waals surface area contributed by atoms with Crippen molar-refractivity contribution in [2.75, 3.05) is 13.2 Å². The van der Waals surface area contributed by atoms with E-state index in [1.54, 1.807) is 6.21 Å². The van der Waals surface area contributed by atoms with Crippen LogP contribution in [0.1, 0.15) is 24.5 Å². The fourth-order valence-electron chi connectivity index (χ4n) is 2.02. The van der Waals surface area contributed by atoms with Crippen molar-refractivity contribution in [3.63, 3.8) is 0 Å². The van der Waals surface area contributed by atoms with Crippen LogP contribution in [0.25, 0.3) is 0 Å². The van der Waals surface area contributed by atoms with Gasteiger partial charge in [0.05, 0.1) is 12.8 Å². The van der Waals surface area contributed by atoms with Crippen molar-refractivity contribution in [2.45, 2.75) is 20.3 Å². The second kappa shape index (κ2) is 9.84. The molecule has 1 N–H and O–H groups in total. The Balaban J connectivity index is 1.89. The van der Waals surface area contributed by atoms with Gasteiger partial charge in [0.1, 0.15) is 11.5 Å². The van der Waals surface area contributed by atoms with Gasteiger partial charge >= 0.3 is 0 Å². The smallest absolute Gasteiger partial charge is 0.277 e. The highest BCUT2D eigenvalue weighted by Gasteiger charge is 2.04. The molecule has 0 fully saturated rings. The summed E-state index contributed by atoms with van der Waals surface area (Å²) in [6.45, 7) is 4.53. The van der Waals surface area contributed by atoms with Crippen LogP contribution in [0.4, 0.5) is 0 Å². The average Bonchev–Trinajstić information content (AvgIpc) is 2.59. The lowest BCUT2D eigenvalue weighted by Crippen LogP contribution is -2.24. The first-order valence-electron chi connectivity index (χ1n) is 8.02. The van der Waals surface area contributed by atoms with E-state index in [-0.39, 0.29) is 12.5 Å². The number of carbonyl (C=O) groups excluding carboxylic acids is 1. The van der Waals surface area contributed by atoms with Crippen LogP contribution >= 0.6 is 15.9 Å². The van der Waals surface area contributed by atoms with Crippen LogP contribution in [0.2, 0.25) is 0 Å². The summed E-state index contributed by atoms with van der Waals surface area (Å²) in [7, 11) is 0. The summed E-state index contributed by atoms with van der Waals surface area (Å²) in [5.41, 5.74) is 4.31. The maximum absolute atomic E-state index is 11.8. The summed E-state index contributed by atoms with van der Waals surface area (Å²) in [4.78, 5) is 11.8. The number of carbonyl (C=O) groups is 1. The van der Waals surface area contributed by atoms with Crippen molar-refractivity contribution in [2.24, 2.45) is 5.10 Å². The molecule has 0 aromatic heterocycles. The van der Waals surface area contributed by atoms with Crippen molar-refractivity contribution in [1.82, 2.24) is 5.43 Å². The molecule has 25 heavy (non-hydrogen) atoms. The van der Waals surface area contributed by atoms with Crippen molar-refractivity contribution >= 4 is 28.1 Å². The number of nitrogens with one attached hydrogen (secondary N) is 1. The summed E-state index contributed by atoms with van der Waals surface area (Å²) in [5.74, 6) is 1.05. The molecule has 0 bridgehead atoms. The Hall–Kier alpha value is -2.34. The Bertz CT molecular complexity index is 747. The van der Waals surface area contributed by atoms with Gasteiger partial charge in [-0.2, -0.15) is 5.10 Å². The van der Waals surface area contributed by atoms with Crippen LogP contribution in [0.5, 0.6) is 11.5 Å². The van der Waals surface area contributed by atoms with E-state index >= 15 is 0 Å². The number of rotatable bonds is 8. The Kier molecular flexibility index (Phi) is 7.47. The lowest BCUT2D eigenvalue weighted by molar-refractivity contribution is -0.123. The predicted molar refractivity (Wildman–Crippen MR) is 102 cm³/mol. The van der Waals surface area contributed by atoms with E-state index < -0.39 is 0 Å². The number of hydrazone groups is 1. The number of ether oxygens (including phenoxy) is 2. The maximum Gasteiger partial charge on any atom is 0.277 e.